The van der Waals surface area contributed by atoms with Crippen LogP contribution in [0.5, 0.6) is 17.2 Å². The number of phenols is 2. The Labute approximate surface area is 412 Å². The minimum absolute atomic E-state index is 0.0461. The molecule has 0 aromatic heterocycles. The number of carbonyl (C=O) groups is 1. The molecule has 0 radical (unpaired) electrons. The summed E-state index contributed by atoms with van der Waals surface area (Å²) in [5.74, 6) is -2.17. The summed E-state index contributed by atoms with van der Waals surface area (Å²) < 4.78 is 71.1. The van der Waals surface area contributed by atoms with E-state index in [-0.39, 0.29) is 64.3 Å². The van der Waals surface area contributed by atoms with Crippen molar-refractivity contribution in [1.29, 1.82) is 0 Å². The third-order valence-electron chi connectivity index (χ3n) is 10.8. The molecule has 7 aromatic rings. The molecule has 7 aromatic carbocycles. The van der Waals surface area contributed by atoms with Crippen LogP contribution in [0.2, 0.25) is 0 Å². The number of ether oxygens (including phenoxy) is 1. The Balaban J connectivity index is 1.06. The van der Waals surface area contributed by atoms with Gasteiger partial charge in [-0.2, -0.15) is 52.6 Å². The van der Waals surface area contributed by atoms with Crippen LogP contribution in [0.1, 0.15) is 44.6 Å². The molecule has 0 unspecified atom stereocenters. The van der Waals surface area contributed by atoms with Crippen LogP contribution in [0.4, 0.5) is 56.9 Å². The summed E-state index contributed by atoms with van der Waals surface area (Å²) in [5.41, 5.74) is 6.73. The molecule has 0 spiro atoms. The van der Waals surface area contributed by atoms with Crippen molar-refractivity contribution >= 4 is 93.9 Å². The second-order valence-electron chi connectivity index (χ2n) is 16.2. The summed E-state index contributed by atoms with van der Waals surface area (Å²) in [4.78, 5) is 10.9. The smallest absolute Gasteiger partial charge is 0.339 e. The van der Waals surface area contributed by atoms with Gasteiger partial charge in [0, 0.05) is 11.5 Å². The highest BCUT2D eigenvalue weighted by atomic mass is 32.2. The molecule has 23 heteroatoms. The van der Waals surface area contributed by atoms with E-state index in [1.54, 1.807) is 55.5 Å². The number of aromatic carboxylic acids is 1. The molecule has 368 valence electrons. The van der Waals surface area contributed by atoms with Gasteiger partial charge in [-0.1, -0.05) is 18.2 Å². The Morgan fingerprint density at radius 1 is 0.514 bits per heavy atom. The van der Waals surface area contributed by atoms with Crippen LogP contribution in [-0.2, 0) is 20.2 Å². The first-order valence-corrected chi connectivity index (χ1v) is 24.6. The maximum absolute atomic E-state index is 11.9. The standard InChI is InChI=1S/C49H44N10O11S2/c1-27-20-40(28(2)19-39(27)54-53-38-15-11-32-24-33(12-14-35(32)48(38)61)50-51-34-13-16-45(60)36(25-34)49(62)63)55-56-41-21-30(4)42(22-29(41)3)57-59-44-23-31(5)43(26-46(44)70-17-8-18-71(64,65)66)58-52-37-9-6-7-10-47(37)72(67,68)69/h6-7,9-16,19-26,60-61H,8,17-18H2,1-5H3,(H,62,63)(H,64,65,66)(H,67,68,69). The van der Waals surface area contributed by atoms with Crippen LogP contribution in [-0.4, -0.2) is 59.6 Å². The molecule has 21 nitrogen and oxygen atoms in total. The lowest BCUT2D eigenvalue weighted by Gasteiger charge is -2.11. The summed E-state index contributed by atoms with van der Waals surface area (Å²) in [6.45, 7) is 8.95. The van der Waals surface area contributed by atoms with Gasteiger partial charge in [-0.3, -0.25) is 9.11 Å². The fourth-order valence-corrected chi connectivity index (χ4v) is 7.99. The van der Waals surface area contributed by atoms with Crippen molar-refractivity contribution in [2.45, 2.75) is 45.9 Å². The molecule has 0 bridgehead atoms. The van der Waals surface area contributed by atoms with Crippen LogP contribution in [0, 0.1) is 34.6 Å². The van der Waals surface area contributed by atoms with Crippen LogP contribution >= 0.6 is 0 Å². The number of carboxylic acids is 1. The molecule has 7 rings (SSSR count). The molecule has 0 heterocycles. The molecule has 0 aliphatic heterocycles. The minimum Gasteiger partial charge on any atom is -0.507 e. The summed E-state index contributed by atoms with van der Waals surface area (Å²) >= 11 is 0. The molecule has 0 fully saturated rings. The highest BCUT2D eigenvalue weighted by Crippen LogP contribution is 2.41. The summed E-state index contributed by atoms with van der Waals surface area (Å²) in [5, 5.41) is 74.5. The van der Waals surface area contributed by atoms with E-state index < -0.39 is 36.9 Å². The number of hydrogen-bond acceptors (Lipinski definition) is 18. The van der Waals surface area contributed by atoms with Gasteiger partial charge in [0.2, 0.25) is 0 Å². The van der Waals surface area contributed by atoms with Crippen LogP contribution in [0.3, 0.4) is 0 Å². The Morgan fingerprint density at radius 3 is 1.53 bits per heavy atom. The highest BCUT2D eigenvalue weighted by Gasteiger charge is 2.17. The number of hydrogen-bond donors (Lipinski definition) is 5. The zero-order valence-electron chi connectivity index (χ0n) is 39.0. The van der Waals surface area contributed by atoms with Crippen molar-refractivity contribution in [3.8, 4) is 17.2 Å². The quantitative estimate of drug-likeness (QED) is 0.0324. The number of aromatic hydroxyl groups is 2. The van der Waals surface area contributed by atoms with Crippen molar-refractivity contribution in [2.24, 2.45) is 51.1 Å². The second-order valence-corrected chi connectivity index (χ2v) is 19.2. The van der Waals surface area contributed by atoms with Gasteiger partial charge < -0.3 is 20.1 Å². The van der Waals surface area contributed by atoms with Gasteiger partial charge in [-0.15, -0.1) is 15.3 Å². The molecule has 0 aliphatic carbocycles. The van der Waals surface area contributed by atoms with Crippen molar-refractivity contribution in [3.63, 3.8) is 0 Å². The summed E-state index contributed by atoms with van der Waals surface area (Å²) in [6.07, 6.45) is -0.0461. The number of fused-ring (bicyclic) bond motifs is 1. The van der Waals surface area contributed by atoms with Gasteiger partial charge in [0.15, 0.2) is 5.75 Å². The van der Waals surface area contributed by atoms with E-state index in [1.807, 2.05) is 39.8 Å². The Kier molecular flexibility index (Phi) is 15.4. The van der Waals surface area contributed by atoms with E-state index in [2.05, 4.69) is 51.1 Å². The zero-order valence-corrected chi connectivity index (χ0v) is 40.6. The van der Waals surface area contributed by atoms with E-state index in [0.29, 0.717) is 50.3 Å². The van der Waals surface area contributed by atoms with Crippen molar-refractivity contribution < 1.29 is 50.8 Å². The number of benzene rings is 7. The molecular formula is C49H44N10O11S2. The first kappa shape index (κ1) is 51.3. The second kappa shape index (κ2) is 21.6. The number of rotatable bonds is 17. The lowest BCUT2D eigenvalue weighted by atomic mass is 10.1. The maximum atomic E-state index is 11.9. The van der Waals surface area contributed by atoms with Crippen LogP contribution in [0.15, 0.2) is 165 Å². The normalized spacial score (nSPS) is 12.4. The molecular weight excluding hydrogens is 969 g/mol. The van der Waals surface area contributed by atoms with E-state index >= 15 is 0 Å². The van der Waals surface area contributed by atoms with E-state index in [9.17, 15) is 46.1 Å². The number of phenolic OH excluding ortho intramolecular Hbond substituents is 1. The van der Waals surface area contributed by atoms with Crippen molar-refractivity contribution in [1.82, 2.24) is 0 Å². The van der Waals surface area contributed by atoms with Gasteiger partial charge in [-0.05, 0) is 159 Å². The molecule has 0 saturated carbocycles. The van der Waals surface area contributed by atoms with Gasteiger partial charge in [-0.25, -0.2) is 4.79 Å². The van der Waals surface area contributed by atoms with E-state index in [0.717, 1.165) is 16.7 Å². The minimum atomic E-state index is -4.59. The topological polar surface area (TPSA) is 319 Å². The third-order valence-corrected chi connectivity index (χ3v) is 12.5. The van der Waals surface area contributed by atoms with Crippen LogP contribution < -0.4 is 4.74 Å². The predicted molar refractivity (Wildman–Crippen MR) is 267 cm³/mol. The monoisotopic (exact) mass is 1010 g/mol. The number of azo groups is 5. The SMILES string of the molecule is Cc1cc(N=Nc2cc(C)c(N=Nc3ccccc3S(=O)(=O)O)cc2OCCCS(=O)(=O)O)c(C)cc1N=Nc1cc(C)c(N=Nc2ccc3cc(N=Nc4ccc(O)c(C(=O)O)c4)ccc3c2O)cc1C. The fourth-order valence-electron chi connectivity index (χ4n) is 6.88. The Morgan fingerprint density at radius 2 is 0.986 bits per heavy atom. The maximum Gasteiger partial charge on any atom is 0.339 e. The predicted octanol–water partition coefficient (Wildman–Crippen LogP) is 14.5. The van der Waals surface area contributed by atoms with Crippen LogP contribution in [0.25, 0.3) is 10.8 Å². The lowest BCUT2D eigenvalue weighted by molar-refractivity contribution is 0.0693. The number of carboxylic acid groups (broad SMARTS) is 1. The largest absolute Gasteiger partial charge is 0.507 e. The summed E-state index contributed by atoms with van der Waals surface area (Å²) in [6, 6.07) is 28.0. The van der Waals surface area contributed by atoms with Crippen molar-refractivity contribution in [2.75, 3.05) is 12.4 Å². The van der Waals surface area contributed by atoms with Gasteiger partial charge in [0.05, 0.1) is 52.2 Å². The summed E-state index contributed by atoms with van der Waals surface area (Å²) in [7, 11) is -8.83. The average molecular weight is 1010 g/mol. The van der Waals surface area contributed by atoms with Gasteiger partial charge >= 0.3 is 5.97 Å². The molecule has 0 aliphatic rings. The van der Waals surface area contributed by atoms with Gasteiger partial charge in [0.1, 0.15) is 39.0 Å². The number of nitrogens with zero attached hydrogens (tertiary/aromatic N) is 10. The highest BCUT2D eigenvalue weighted by molar-refractivity contribution is 7.86. The molecule has 72 heavy (non-hydrogen) atoms. The molecule has 0 saturated heterocycles. The first-order valence-electron chi connectivity index (χ1n) is 21.6. The molecule has 5 N–H and O–H groups in total. The zero-order chi connectivity index (χ0) is 51.9. The Bertz CT molecular complexity index is 3670. The molecule has 0 atom stereocenters. The fraction of sp³-hybridized carbons (Fsp3) is 0.163. The molecule has 0 amide bonds. The average Bonchev–Trinajstić information content (AvgIpc) is 3.32. The van der Waals surface area contributed by atoms with Crippen molar-refractivity contribution in [3.05, 3.63) is 143 Å². The van der Waals surface area contributed by atoms with E-state index in [1.165, 1.54) is 48.5 Å². The number of aryl methyl sites for hydroxylation is 5. The lowest BCUT2D eigenvalue weighted by Crippen LogP contribution is -2.08. The third kappa shape index (κ3) is 12.8. The first-order chi connectivity index (χ1) is 34.1. The Hall–Kier alpha value is -8.51. The van der Waals surface area contributed by atoms with Gasteiger partial charge in [0.25, 0.3) is 20.2 Å². The van der Waals surface area contributed by atoms with E-state index in [4.69, 9.17) is 4.74 Å².